The van der Waals surface area contributed by atoms with E-state index in [4.69, 9.17) is 9.47 Å². The second-order valence-corrected chi connectivity index (χ2v) is 7.47. The number of fused-ring (bicyclic) bond motifs is 1. The van der Waals surface area contributed by atoms with Crippen LogP contribution in [0.1, 0.15) is 6.42 Å². The Hall–Kier alpha value is -1.68. The molecular formula is C15H21N3O5S. The van der Waals surface area contributed by atoms with Crippen molar-refractivity contribution in [2.45, 2.75) is 11.3 Å². The Bertz CT molecular complexity index is 701. The van der Waals surface area contributed by atoms with Crippen LogP contribution in [0.3, 0.4) is 0 Å². The molecule has 0 bridgehead atoms. The number of rotatable bonds is 6. The van der Waals surface area contributed by atoms with Gasteiger partial charge in [-0.25, -0.2) is 13.1 Å². The number of hydrogen-bond acceptors (Lipinski definition) is 6. The smallest absolute Gasteiger partial charge is 0.262 e. The summed E-state index contributed by atoms with van der Waals surface area (Å²) in [7, 11) is -3.61. The molecule has 2 N–H and O–H groups in total. The van der Waals surface area contributed by atoms with Crippen LogP contribution in [0.25, 0.3) is 0 Å². The maximum atomic E-state index is 12.4. The SMILES string of the molecule is O=C1COc2ccc(S(=O)(=O)NCCCN3CCOCC3)cc2N1. The maximum Gasteiger partial charge on any atom is 0.262 e. The molecule has 9 heteroatoms. The van der Waals surface area contributed by atoms with E-state index < -0.39 is 10.0 Å². The first-order chi connectivity index (χ1) is 11.5. The van der Waals surface area contributed by atoms with E-state index in [2.05, 4.69) is 14.9 Å². The van der Waals surface area contributed by atoms with Crippen molar-refractivity contribution in [3.8, 4) is 5.75 Å². The van der Waals surface area contributed by atoms with Gasteiger partial charge in [-0.05, 0) is 31.2 Å². The van der Waals surface area contributed by atoms with Crippen LogP contribution >= 0.6 is 0 Å². The number of carbonyl (C=O) groups excluding carboxylic acids is 1. The minimum atomic E-state index is -3.61. The van der Waals surface area contributed by atoms with Crippen LogP contribution in [0.15, 0.2) is 23.1 Å². The molecule has 1 aromatic rings. The normalized spacial score (nSPS) is 18.6. The molecule has 2 aliphatic rings. The van der Waals surface area contributed by atoms with Crippen molar-refractivity contribution in [3.05, 3.63) is 18.2 Å². The topological polar surface area (TPSA) is 97.0 Å². The van der Waals surface area contributed by atoms with Crippen LogP contribution in [-0.4, -0.2) is 65.2 Å². The lowest BCUT2D eigenvalue weighted by atomic mass is 10.2. The van der Waals surface area contributed by atoms with Gasteiger partial charge in [0.1, 0.15) is 5.75 Å². The van der Waals surface area contributed by atoms with E-state index in [0.29, 0.717) is 18.0 Å². The van der Waals surface area contributed by atoms with Crippen molar-refractivity contribution in [2.24, 2.45) is 0 Å². The lowest BCUT2D eigenvalue weighted by molar-refractivity contribution is -0.118. The third-order valence-corrected chi connectivity index (χ3v) is 5.40. The van der Waals surface area contributed by atoms with Crippen molar-refractivity contribution in [1.82, 2.24) is 9.62 Å². The van der Waals surface area contributed by atoms with Gasteiger partial charge in [0.25, 0.3) is 5.91 Å². The Balaban J connectivity index is 1.55. The highest BCUT2D eigenvalue weighted by molar-refractivity contribution is 7.89. The summed E-state index contributed by atoms with van der Waals surface area (Å²) < 4.78 is 37.8. The number of nitrogens with one attached hydrogen (secondary N) is 2. The molecule has 2 heterocycles. The Kier molecular flexibility index (Phi) is 5.34. The van der Waals surface area contributed by atoms with Crippen molar-refractivity contribution in [3.63, 3.8) is 0 Å². The van der Waals surface area contributed by atoms with E-state index in [9.17, 15) is 13.2 Å². The number of carbonyl (C=O) groups is 1. The summed E-state index contributed by atoms with van der Waals surface area (Å²) in [5.41, 5.74) is 0.377. The molecule has 8 nitrogen and oxygen atoms in total. The number of hydrogen-bond donors (Lipinski definition) is 2. The van der Waals surface area contributed by atoms with Gasteiger partial charge >= 0.3 is 0 Å². The third-order valence-electron chi connectivity index (χ3n) is 3.94. The Morgan fingerprint density at radius 3 is 2.83 bits per heavy atom. The molecule has 1 amide bonds. The van der Waals surface area contributed by atoms with Gasteiger partial charge in [0.05, 0.1) is 23.8 Å². The van der Waals surface area contributed by atoms with E-state index in [1.807, 2.05) is 0 Å². The molecule has 0 aliphatic carbocycles. The van der Waals surface area contributed by atoms with Crippen molar-refractivity contribution in [1.29, 1.82) is 0 Å². The fraction of sp³-hybridized carbons (Fsp3) is 0.533. The van der Waals surface area contributed by atoms with Gasteiger partial charge in [-0.3, -0.25) is 9.69 Å². The Labute approximate surface area is 141 Å². The first-order valence-corrected chi connectivity index (χ1v) is 9.39. The summed E-state index contributed by atoms with van der Waals surface area (Å²) >= 11 is 0. The van der Waals surface area contributed by atoms with Gasteiger partial charge in [-0.2, -0.15) is 0 Å². The molecule has 3 rings (SSSR count). The summed E-state index contributed by atoms with van der Waals surface area (Å²) in [6, 6.07) is 4.44. The molecular weight excluding hydrogens is 334 g/mol. The van der Waals surface area contributed by atoms with E-state index in [0.717, 1.165) is 39.3 Å². The molecule has 0 aromatic heterocycles. The van der Waals surface area contributed by atoms with Gasteiger partial charge in [-0.15, -0.1) is 0 Å². The zero-order valence-electron chi connectivity index (χ0n) is 13.3. The predicted molar refractivity (Wildman–Crippen MR) is 87.6 cm³/mol. The number of morpholine rings is 1. The number of nitrogens with zero attached hydrogens (tertiary/aromatic N) is 1. The fourth-order valence-electron chi connectivity index (χ4n) is 2.65. The van der Waals surface area contributed by atoms with Crippen molar-refractivity contribution >= 4 is 21.6 Å². The molecule has 0 spiro atoms. The van der Waals surface area contributed by atoms with Crippen molar-refractivity contribution in [2.75, 3.05) is 51.3 Å². The van der Waals surface area contributed by atoms with Crippen LogP contribution in [0.2, 0.25) is 0 Å². The highest BCUT2D eigenvalue weighted by Gasteiger charge is 2.20. The second kappa shape index (κ2) is 7.47. The van der Waals surface area contributed by atoms with E-state index in [1.54, 1.807) is 6.07 Å². The van der Waals surface area contributed by atoms with Gasteiger partial charge in [0, 0.05) is 19.6 Å². The van der Waals surface area contributed by atoms with E-state index in [-0.39, 0.29) is 17.4 Å². The van der Waals surface area contributed by atoms with Gasteiger partial charge < -0.3 is 14.8 Å². The number of amides is 1. The van der Waals surface area contributed by atoms with Gasteiger partial charge in [-0.1, -0.05) is 0 Å². The molecule has 2 aliphatic heterocycles. The molecule has 1 aromatic carbocycles. The molecule has 0 unspecified atom stereocenters. The minimum Gasteiger partial charge on any atom is -0.482 e. The summed E-state index contributed by atoms with van der Waals surface area (Å²) in [5.74, 6) is 0.177. The predicted octanol–water partition coefficient (Wildman–Crippen LogP) is 0.0181. The lowest BCUT2D eigenvalue weighted by Gasteiger charge is -2.26. The number of benzene rings is 1. The third kappa shape index (κ3) is 4.23. The fourth-order valence-corrected chi connectivity index (χ4v) is 3.75. The van der Waals surface area contributed by atoms with E-state index >= 15 is 0 Å². The Morgan fingerprint density at radius 2 is 2.04 bits per heavy atom. The second-order valence-electron chi connectivity index (χ2n) is 5.70. The first kappa shape index (κ1) is 17.2. The van der Waals surface area contributed by atoms with Crippen LogP contribution in [0.5, 0.6) is 5.75 Å². The number of ether oxygens (including phenoxy) is 2. The monoisotopic (exact) mass is 355 g/mol. The molecule has 1 saturated heterocycles. The van der Waals surface area contributed by atoms with Crippen LogP contribution < -0.4 is 14.8 Å². The highest BCUT2D eigenvalue weighted by atomic mass is 32.2. The standard InChI is InChI=1S/C15H21N3O5S/c19-15-11-23-14-3-2-12(10-13(14)17-15)24(20,21)16-4-1-5-18-6-8-22-9-7-18/h2-3,10,16H,1,4-9,11H2,(H,17,19). The molecule has 24 heavy (non-hydrogen) atoms. The van der Waals surface area contributed by atoms with Crippen LogP contribution in [0, 0.1) is 0 Å². The number of anilines is 1. The number of sulfonamides is 1. The lowest BCUT2D eigenvalue weighted by Crippen LogP contribution is -2.38. The quantitative estimate of drug-likeness (QED) is 0.698. The molecule has 132 valence electrons. The van der Waals surface area contributed by atoms with Crippen molar-refractivity contribution < 1.29 is 22.7 Å². The van der Waals surface area contributed by atoms with Crippen LogP contribution in [0.4, 0.5) is 5.69 Å². The van der Waals surface area contributed by atoms with Crippen LogP contribution in [-0.2, 0) is 19.6 Å². The van der Waals surface area contributed by atoms with E-state index in [1.165, 1.54) is 12.1 Å². The molecule has 0 atom stereocenters. The minimum absolute atomic E-state index is 0.0567. The summed E-state index contributed by atoms with van der Waals surface area (Å²) in [4.78, 5) is 13.7. The summed E-state index contributed by atoms with van der Waals surface area (Å²) in [6.07, 6.45) is 0.726. The largest absolute Gasteiger partial charge is 0.482 e. The zero-order valence-corrected chi connectivity index (χ0v) is 14.1. The molecule has 0 radical (unpaired) electrons. The molecule has 0 saturated carbocycles. The average molecular weight is 355 g/mol. The average Bonchev–Trinajstić information content (AvgIpc) is 2.59. The zero-order chi connectivity index (χ0) is 17.0. The molecule has 1 fully saturated rings. The maximum absolute atomic E-state index is 12.4. The Morgan fingerprint density at radius 1 is 1.25 bits per heavy atom. The van der Waals surface area contributed by atoms with Gasteiger partial charge in [0.2, 0.25) is 10.0 Å². The highest BCUT2D eigenvalue weighted by Crippen LogP contribution is 2.29. The first-order valence-electron chi connectivity index (χ1n) is 7.91. The summed E-state index contributed by atoms with van der Waals surface area (Å²) in [5, 5.41) is 2.61. The van der Waals surface area contributed by atoms with Gasteiger partial charge in [0.15, 0.2) is 6.61 Å². The summed E-state index contributed by atoms with van der Waals surface area (Å²) in [6.45, 7) is 4.37.